The summed E-state index contributed by atoms with van der Waals surface area (Å²) in [6, 6.07) is 0. The molecule has 1 fully saturated rings. The summed E-state index contributed by atoms with van der Waals surface area (Å²) in [5.41, 5.74) is -2.32. The number of rotatable bonds is 2. The number of halogens is 4. The van der Waals surface area contributed by atoms with Crippen molar-refractivity contribution < 1.29 is 17.9 Å². The molecule has 1 aliphatic carbocycles. The summed E-state index contributed by atoms with van der Waals surface area (Å²) in [5.74, 6) is 0. The Morgan fingerprint density at radius 1 is 0.750 bits per heavy atom. The van der Waals surface area contributed by atoms with Gasteiger partial charge in [0.1, 0.15) is 0 Å². The molecule has 0 unspecified atom stereocenters. The molecular formula is C6H10F4N2. The van der Waals surface area contributed by atoms with Crippen LogP contribution in [0.5, 0.6) is 0 Å². The maximum absolute atomic E-state index is 12.1. The minimum absolute atomic E-state index is 0.174. The molecule has 6 heteroatoms. The molecule has 2 nitrogen and oxygen atoms in total. The molecule has 1 rings (SSSR count). The van der Waals surface area contributed by atoms with Crippen LogP contribution in [0.2, 0.25) is 0 Å². The van der Waals surface area contributed by atoms with E-state index >= 15 is 0 Å². The lowest BCUT2D eigenvalue weighted by atomic mass is 9.90. The average Bonchev–Trinajstić information content (AvgIpc) is 2.05. The van der Waals surface area contributed by atoms with E-state index < -0.39 is 16.4 Å². The summed E-state index contributed by atoms with van der Waals surface area (Å²) >= 11 is 0. The topological polar surface area (TPSA) is 6.48 Å². The molecule has 0 aromatic rings. The largest absolute Gasteiger partial charge is 0.196 e. The molecule has 0 aromatic carbocycles. The normalized spacial score (nSPS) is 23.5. The first kappa shape index (κ1) is 9.73. The molecule has 0 spiro atoms. The van der Waals surface area contributed by atoms with Gasteiger partial charge in [-0.2, -0.15) is 0 Å². The highest BCUT2D eigenvalue weighted by molar-refractivity contribution is 4.81. The van der Waals surface area contributed by atoms with E-state index in [0.29, 0.717) is 12.8 Å². The van der Waals surface area contributed by atoms with Gasteiger partial charge in [0.05, 0.1) is 0 Å². The number of hydrogen-bond acceptors (Lipinski definition) is 2. The molecule has 12 heavy (non-hydrogen) atoms. The molecule has 1 saturated carbocycles. The third-order valence-corrected chi connectivity index (χ3v) is 2.28. The van der Waals surface area contributed by atoms with Crippen LogP contribution in [0.1, 0.15) is 32.1 Å². The van der Waals surface area contributed by atoms with Gasteiger partial charge in [-0.15, -0.1) is 0 Å². The molecule has 0 saturated heterocycles. The van der Waals surface area contributed by atoms with Gasteiger partial charge in [0.15, 0.2) is 5.66 Å². The van der Waals surface area contributed by atoms with Gasteiger partial charge in [0, 0.05) is 10.7 Å². The molecule has 0 radical (unpaired) electrons. The zero-order valence-corrected chi connectivity index (χ0v) is 6.44. The Kier molecular flexibility index (Phi) is 2.89. The molecule has 0 aliphatic heterocycles. The first-order valence-corrected chi connectivity index (χ1v) is 3.83. The van der Waals surface area contributed by atoms with Gasteiger partial charge in [0.25, 0.3) is 0 Å². The second-order valence-electron chi connectivity index (χ2n) is 3.01. The molecule has 0 atom stereocenters. The molecule has 72 valence electrons. The fourth-order valence-electron chi connectivity index (χ4n) is 1.51. The van der Waals surface area contributed by atoms with Crippen molar-refractivity contribution in [2.45, 2.75) is 37.8 Å². The van der Waals surface area contributed by atoms with E-state index in [1.54, 1.807) is 0 Å². The van der Waals surface area contributed by atoms with E-state index in [1.807, 2.05) is 0 Å². The molecule has 0 amide bonds. The van der Waals surface area contributed by atoms with Crippen LogP contribution in [-0.4, -0.2) is 16.4 Å². The average molecular weight is 186 g/mol. The van der Waals surface area contributed by atoms with Crippen LogP contribution in [0.4, 0.5) is 17.9 Å². The Balaban J connectivity index is 2.70. The van der Waals surface area contributed by atoms with Gasteiger partial charge >= 0.3 is 0 Å². The van der Waals surface area contributed by atoms with Crippen molar-refractivity contribution in [3.05, 3.63) is 0 Å². The summed E-state index contributed by atoms with van der Waals surface area (Å²) in [6.45, 7) is 0. The highest BCUT2D eigenvalue weighted by Crippen LogP contribution is 2.37. The van der Waals surface area contributed by atoms with Crippen LogP contribution in [-0.2, 0) is 0 Å². The third kappa shape index (κ3) is 1.54. The molecule has 1 aliphatic rings. The molecule has 0 aromatic heterocycles. The standard InChI is InChI=1S/C6H10F4N2/c7-11(8)6(12(9)10)4-2-1-3-5-6/h1-5H2. The predicted molar refractivity (Wildman–Crippen MR) is 33.9 cm³/mol. The van der Waals surface area contributed by atoms with E-state index in [2.05, 4.69) is 0 Å². The lowest BCUT2D eigenvalue weighted by molar-refractivity contribution is -0.379. The minimum atomic E-state index is -2.32. The van der Waals surface area contributed by atoms with Crippen LogP contribution >= 0.6 is 0 Å². The van der Waals surface area contributed by atoms with Gasteiger partial charge in [-0.3, -0.25) is 0 Å². The lowest BCUT2D eigenvalue weighted by Crippen LogP contribution is -2.49. The van der Waals surface area contributed by atoms with Crippen molar-refractivity contribution >= 4 is 0 Å². The van der Waals surface area contributed by atoms with E-state index in [1.165, 1.54) is 0 Å². The van der Waals surface area contributed by atoms with Crippen molar-refractivity contribution in [1.82, 2.24) is 10.7 Å². The van der Waals surface area contributed by atoms with Crippen molar-refractivity contribution in [3.63, 3.8) is 0 Å². The second-order valence-corrected chi connectivity index (χ2v) is 3.01. The van der Waals surface area contributed by atoms with Gasteiger partial charge in [-0.05, 0) is 25.7 Å². The van der Waals surface area contributed by atoms with E-state index in [-0.39, 0.29) is 12.8 Å². The third-order valence-electron chi connectivity index (χ3n) is 2.28. The maximum atomic E-state index is 12.1. The lowest BCUT2D eigenvalue weighted by Gasteiger charge is -2.35. The second kappa shape index (κ2) is 3.57. The molecular weight excluding hydrogens is 176 g/mol. The SMILES string of the molecule is FN(F)C1(N(F)F)CCCCC1. The Morgan fingerprint density at radius 3 is 1.42 bits per heavy atom. The van der Waals surface area contributed by atoms with Crippen LogP contribution < -0.4 is 0 Å². The van der Waals surface area contributed by atoms with E-state index in [0.717, 1.165) is 6.42 Å². The Morgan fingerprint density at radius 2 is 1.17 bits per heavy atom. The van der Waals surface area contributed by atoms with Crippen molar-refractivity contribution in [3.8, 4) is 0 Å². The van der Waals surface area contributed by atoms with Crippen LogP contribution in [0.25, 0.3) is 0 Å². The van der Waals surface area contributed by atoms with Crippen molar-refractivity contribution in [2.24, 2.45) is 0 Å². The quantitative estimate of drug-likeness (QED) is 0.371. The van der Waals surface area contributed by atoms with Crippen LogP contribution in [0, 0.1) is 0 Å². The minimum Gasteiger partial charge on any atom is -0.0993 e. The Bertz CT molecular complexity index is 134. The Labute approximate surface area is 67.5 Å². The van der Waals surface area contributed by atoms with Crippen molar-refractivity contribution in [1.29, 1.82) is 0 Å². The Hall–Kier alpha value is -0.360. The van der Waals surface area contributed by atoms with Crippen LogP contribution in [0.15, 0.2) is 0 Å². The first-order valence-electron chi connectivity index (χ1n) is 3.83. The summed E-state index contributed by atoms with van der Waals surface area (Å²) < 4.78 is 48.6. The van der Waals surface area contributed by atoms with E-state index in [4.69, 9.17) is 0 Å². The predicted octanol–water partition coefficient (Wildman–Crippen LogP) is 2.79. The van der Waals surface area contributed by atoms with E-state index in [9.17, 15) is 17.9 Å². The first-order chi connectivity index (χ1) is 5.59. The van der Waals surface area contributed by atoms with Crippen LogP contribution in [0.3, 0.4) is 0 Å². The van der Waals surface area contributed by atoms with Crippen molar-refractivity contribution in [2.75, 3.05) is 0 Å². The number of hydrogen-bond donors (Lipinski definition) is 0. The van der Waals surface area contributed by atoms with Gasteiger partial charge < -0.3 is 0 Å². The van der Waals surface area contributed by atoms with Gasteiger partial charge in [-0.1, -0.05) is 24.3 Å². The highest BCUT2D eigenvalue weighted by atomic mass is 19.4. The van der Waals surface area contributed by atoms with Gasteiger partial charge in [0.2, 0.25) is 0 Å². The summed E-state index contributed by atoms with van der Waals surface area (Å²) in [4.78, 5) is 0. The summed E-state index contributed by atoms with van der Waals surface area (Å²) in [7, 11) is 0. The fraction of sp³-hybridized carbons (Fsp3) is 1.00. The fourth-order valence-corrected chi connectivity index (χ4v) is 1.51. The van der Waals surface area contributed by atoms with Gasteiger partial charge in [-0.25, -0.2) is 0 Å². The maximum Gasteiger partial charge on any atom is 0.196 e. The number of nitrogens with zero attached hydrogens (tertiary/aromatic N) is 2. The molecule has 0 bridgehead atoms. The zero-order valence-electron chi connectivity index (χ0n) is 6.44. The smallest absolute Gasteiger partial charge is 0.0993 e. The zero-order chi connectivity index (χ0) is 9.19. The molecule has 0 heterocycles. The molecule has 0 N–H and O–H groups in total. The monoisotopic (exact) mass is 186 g/mol. The summed E-state index contributed by atoms with van der Waals surface area (Å²) in [5, 5.41) is -2.74. The summed E-state index contributed by atoms with van der Waals surface area (Å²) in [6.07, 6.45) is 1.26. The highest BCUT2D eigenvalue weighted by Gasteiger charge is 2.47.